The number of nitrogens with two attached hydrogens (primary N) is 1. The van der Waals surface area contributed by atoms with Gasteiger partial charge in [-0.1, -0.05) is 22.0 Å². The van der Waals surface area contributed by atoms with E-state index in [9.17, 15) is 14.4 Å². The van der Waals surface area contributed by atoms with E-state index in [-0.39, 0.29) is 36.9 Å². The Morgan fingerprint density at radius 1 is 1.25 bits per heavy atom. The van der Waals surface area contributed by atoms with Crippen LogP contribution in [0.1, 0.15) is 23.2 Å². The molecular formula is C16H21BrN4O3. The SMILES string of the molecule is NC(=O)CN1CCC(NC(=O)CNC(=O)c2cccc(Br)c2)CC1. The van der Waals surface area contributed by atoms with Crippen LogP contribution in [0.25, 0.3) is 0 Å². The molecule has 0 radical (unpaired) electrons. The number of benzene rings is 1. The zero-order chi connectivity index (χ0) is 17.5. The molecule has 1 aliphatic rings. The number of hydrogen-bond acceptors (Lipinski definition) is 4. The number of primary amides is 1. The first-order valence-electron chi connectivity index (χ1n) is 7.78. The third-order valence-electron chi connectivity index (χ3n) is 3.83. The highest BCUT2D eigenvalue weighted by Crippen LogP contribution is 2.11. The molecule has 7 nitrogen and oxygen atoms in total. The summed E-state index contributed by atoms with van der Waals surface area (Å²) in [6.45, 7) is 1.63. The van der Waals surface area contributed by atoms with Crippen LogP contribution in [-0.2, 0) is 9.59 Å². The van der Waals surface area contributed by atoms with Gasteiger partial charge in [0, 0.05) is 29.2 Å². The van der Waals surface area contributed by atoms with Crippen molar-refractivity contribution < 1.29 is 14.4 Å². The fourth-order valence-corrected chi connectivity index (χ4v) is 3.03. The Balaban J connectivity index is 1.70. The first-order chi connectivity index (χ1) is 11.4. The van der Waals surface area contributed by atoms with E-state index < -0.39 is 0 Å². The first-order valence-corrected chi connectivity index (χ1v) is 8.57. The molecule has 1 aromatic rings. The Morgan fingerprint density at radius 3 is 2.58 bits per heavy atom. The molecule has 4 N–H and O–H groups in total. The summed E-state index contributed by atoms with van der Waals surface area (Å²) in [5.41, 5.74) is 5.67. The van der Waals surface area contributed by atoms with Crippen LogP contribution < -0.4 is 16.4 Å². The lowest BCUT2D eigenvalue weighted by molar-refractivity contribution is -0.122. The van der Waals surface area contributed by atoms with Gasteiger partial charge in [0.1, 0.15) is 0 Å². The van der Waals surface area contributed by atoms with Crippen molar-refractivity contribution in [2.24, 2.45) is 5.73 Å². The fourth-order valence-electron chi connectivity index (χ4n) is 2.63. The van der Waals surface area contributed by atoms with Crippen molar-refractivity contribution in [1.29, 1.82) is 0 Å². The number of halogens is 1. The van der Waals surface area contributed by atoms with E-state index in [1.54, 1.807) is 18.2 Å². The van der Waals surface area contributed by atoms with Crippen molar-refractivity contribution in [1.82, 2.24) is 15.5 Å². The highest BCUT2D eigenvalue weighted by molar-refractivity contribution is 9.10. The molecule has 0 unspecified atom stereocenters. The second-order valence-electron chi connectivity index (χ2n) is 5.78. The topological polar surface area (TPSA) is 105 Å². The van der Waals surface area contributed by atoms with Gasteiger partial charge >= 0.3 is 0 Å². The summed E-state index contributed by atoms with van der Waals surface area (Å²) in [4.78, 5) is 36.8. The zero-order valence-electron chi connectivity index (χ0n) is 13.3. The summed E-state index contributed by atoms with van der Waals surface area (Å²) in [6.07, 6.45) is 1.52. The Morgan fingerprint density at radius 2 is 1.96 bits per heavy atom. The van der Waals surface area contributed by atoms with Crippen LogP contribution in [0, 0.1) is 0 Å². The van der Waals surface area contributed by atoms with Gasteiger partial charge in [0.05, 0.1) is 13.1 Å². The van der Waals surface area contributed by atoms with Crippen LogP contribution >= 0.6 is 15.9 Å². The van der Waals surface area contributed by atoms with Gasteiger partial charge in [0.2, 0.25) is 11.8 Å². The molecule has 1 fully saturated rings. The molecule has 1 heterocycles. The number of nitrogens with zero attached hydrogens (tertiary/aromatic N) is 1. The molecule has 1 aliphatic heterocycles. The lowest BCUT2D eigenvalue weighted by Crippen LogP contribution is -2.48. The molecule has 0 spiro atoms. The van der Waals surface area contributed by atoms with Crippen LogP contribution in [0.5, 0.6) is 0 Å². The molecule has 130 valence electrons. The van der Waals surface area contributed by atoms with E-state index in [0.717, 1.165) is 30.4 Å². The molecule has 0 atom stereocenters. The van der Waals surface area contributed by atoms with Gasteiger partial charge in [-0.05, 0) is 31.0 Å². The monoisotopic (exact) mass is 396 g/mol. The number of carbonyl (C=O) groups excluding carboxylic acids is 3. The summed E-state index contributed by atoms with van der Waals surface area (Å²) < 4.78 is 0.808. The summed E-state index contributed by atoms with van der Waals surface area (Å²) >= 11 is 3.30. The minimum absolute atomic E-state index is 0.0596. The minimum Gasteiger partial charge on any atom is -0.369 e. The van der Waals surface area contributed by atoms with Gasteiger partial charge < -0.3 is 16.4 Å². The van der Waals surface area contributed by atoms with Crippen LogP contribution in [-0.4, -0.2) is 54.8 Å². The van der Waals surface area contributed by atoms with Crippen molar-refractivity contribution in [3.05, 3.63) is 34.3 Å². The molecule has 0 bridgehead atoms. The molecule has 0 aliphatic carbocycles. The van der Waals surface area contributed by atoms with Gasteiger partial charge in [0.25, 0.3) is 5.91 Å². The number of piperidine rings is 1. The average molecular weight is 397 g/mol. The Labute approximate surface area is 149 Å². The van der Waals surface area contributed by atoms with Crippen molar-refractivity contribution in [2.45, 2.75) is 18.9 Å². The molecule has 1 saturated heterocycles. The second-order valence-corrected chi connectivity index (χ2v) is 6.69. The van der Waals surface area contributed by atoms with E-state index in [1.807, 2.05) is 11.0 Å². The second kappa shape index (κ2) is 8.79. The van der Waals surface area contributed by atoms with Gasteiger partial charge in [-0.3, -0.25) is 19.3 Å². The molecular weight excluding hydrogens is 376 g/mol. The van der Waals surface area contributed by atoms with E-state index in [0.29, 0.717) is 5.56 Å². The molecule has 8 heteroatoms. The van der Waals surface area contributed by atoms with Gasteiger partial charge in [-0.2, -0.15) is 0 Å². The molecule has 2 rings (SSSR count). The van der Waals surface area contributed by atoms with Crippen molar-refractivity contribution in [2.75, 3.05) is 26.2 Å². The maximum Gasteiger partial charge on any atom is 0.251 e. The zero-order valence-corrected chi connectivity index (χ0v) is 14.8. The summed E-state index contributed by atoms with van der Waals surface area (Å²) in [6, 6.07) is 7.03. The average Bonchev–Trinajstić information content (AvgIpc) is 2.54. The summed E-state index contributed by atoms with van der Waals surface area (Å²) in [5.74, 6) is -0.845. The number of likely N-dealkylation sites (tertiary alicyclic amines) is 1. The maximum absolute atomic E-state index is 12.0. The summed E-state index contributed by atoms with van der Waals surface area (Å²) in [5, 5.41) is 5.51. The predicted molar refractivity (Wildman–Crippen MR) is 93.3 cm³/mol. The maximum atomic E-state index is 12.0. The summed E-state index contributed by atoms with van der Waals surface area (Å²) in [7, 11) is 0. The Bertz CT molecular complexity index is 615. The van der Waals surface area contributed by atoms with Crippen LogP contribution in [0.4, 0.5) is 0 Å². The highest BCUT2D eigenvalue weighted by atomic mass is 79.9. The molecule has 1 aromatic carbocycles. The number of carbonyl (C=O) groups is 3. The molecule has 24 heavy (non-hydrogen) atoms. The van der Waals surface area contributed by atoms with E-state index in [4.69, 9.17) is 5.73 Å². The van der Waals surface area contributed by atoms with E-state index in [2.05, 4.69) is 26.6 Å². The Hall–Kier alpha value is -1.93. The smallest absolute Gasteiger partial charge is 0.251 e. The normalized spacial score (nSPS) is 15.7. The van der Waals surface area contributed by atoms with Crippen LogP contribution in [0.15, 0.2) is 28.7 Å². The number of amides is 3. The fraction of sp³-hybridized carbons (Fsp3) is 0.438. The Kier molecular flexibility index (Phi) is 6.74. The van der Waals surface area contributed by atoms with Gasteiger partial charge in [0.15, 0.2) is 0 Å². The molecule has 0 saturated carbocycles. The van der Waals surface area contributed by atoms with Crippen molar-refractivity contribution in [3.63, 3.8) is 0 Å². The van der Waals surface area contributed by atoms with Crippen molar-refractivity contribution >= 4 is 33.7 Å². The highest BCUT2D eigenvalue weighted by Gasteiger charge is 2.21. The number of hydrogen-bond donors (Lipinski definition) is 3. The lowest BCUT2D eigenvalue weighted by atomic mass is 10.1. The van der Waals surface area contributed by atoms with Gasteiger partial charge in [-0.25, -0.2) is 0 Å². The third-order valence-corrected chi connectivity index (χ3v) is 4.32. The third kappa shape index (κ3) is 5.93. The van der Waals surface area contributed by atoms with Gasteiger partial charge in [-0.15, -0.1) is 0 Å². The van der Waals surface area contributed by atoms with Crippen LogP contribution in [0.2, 0.25) is 0 Å². The standard InChI is InChI=1S/C16H21BrN4O3/c17-12-3-1-2-11(8-12)16(24)19-9-15(23)20-13-4-6-21(7-5-13)10-14(18)22/h1-3,8,13H,4-7,9-10H2,(H2,18,22)(H,19,24)(H,20,23). The minimum atomic E-state index is -0.340. The number of nitrogens with one attached hydrogen (secondary N) is 2. The molecule has 3 amide bonds. The quantitative estimate of drug-likeness (QED) is 0.640. The van der Waals surface area contributed by atoms with Crippen molar-refractivity contribution in [3.8, 4) is 0 Å². The van der Waals surface area contributed by atoms with E-state index >= 15 is 0 Å². The predicted octanol–water partition coefficient (Wildman–Crippen LogP) is 0.245. The largest absolute Gasteiger partial charge is 0.369 e. The molecule has 0 aromatic heterocycles. The lowest BCUT2D eigenvalue weighted by Gasteiger charge is -2.31. The van der Waals surface area contributed by atoms with Crippen LogP contribution in [0.3, 0.4) is 0 Å². The first kappa shape index (κ1) is 18.4. The number of rotatable bonds is 6. The van der Waals surface area contributed by atoms with E-state index in [1.165, 1.54) is 0 Å².